The molecule has 2 heterocycles. The minimum Gasteiger partial charge on any atom is -0.331 e. The van der Waals surface area contributed by atoms with Gasteiger partial charge in [-0.05, 0) is 46.2 Å². The number of hydrogen-bond donors (Lipinski definition) is 0. The van der Waals surface area contributed by atoms with Crippen LogP contribution in [0.2, 0.25) is 0 Å². The van der Waals surface area contributed by atoms with Crippen LogP contribution in [0, 0.1) is 5.92 Å². The first-order valence-electron chi connectivity index (χ1n) is 6.93. The van der Waals surface area contributed by atoms with Crippen LogP contribution in [0.3, 0.4) is 0 Å². The molecule has 4 nitrogen and oxygen atoms in total. The highest BCUT2D eigenvalue weighted by molar-refractivity contribution is 5.93. The van der Waals surface area contributed by atoms with Gasteiger partial charge >= 0.3 is 0 Å². The maximum absolute atomic E-state index is 12.4. The Morgan fingerprint density at radius 1 is 1.39 bits per heavy atom. The lowest BCUT2D eigenvalue weighted by atomic mass is 9.88. The standard InChI is InChI=1S/C14H24N2O2/c1-14(2)12(17)5-4-7-16(14)13(18)9-11-6-8-15(3)10-11/h11H,4-10H2,1-3H3. The molecule has 0 saturated carbocycles. The molecular formula is C14H24N2O2. The second kappa shape index (κ2) is 5.00. The lowest BCUT2D eigenvalue weighted by Gasteiger charge is -2.41. The van der Waals surface area contributed by atoms with E-state index in [1.807, 2.05) is 13.8 Å². The van der Waals surface area contributed by atoms with Gasteiger partial charge in [0, 0.05) is 25.9 Å². The molecule has 0 radical (unpaired) electrons. The van der Waals surface area contributed by atoms with Crippen LogP contribution in [-0.4, -0.2) is 53.7 Å². The molecule has 2 rings (SSSR count). The summed E-state index contributed by atoms with van der Waals surface area (Å²) >= 11 is 0. The number of likely N-dealkylation sites (tertiary alicyclic amines) is 2. The molecule has 0 N–H and O–H groups in total. The van der Waals surface area contributed by atoms with Crippen LogP contribution in [0.25, 0.3) is 0 Å². The third-order valence-corrected chi connectivity index (χ3v) is 4.40. The first-order valence-corrected chi connectivity index (χ1v) is 6.93. The molecule has 0 aliphatic carbocycles. The number of nitrogens with zero attached hydrogens (tertiary/aromatic N) is 2. The number of hydrogen-bond acceptors (Lipinski definition) is 3. The van der Waals surface area contributed by atoms with E-state index >= 15 is 0 Å². The highest BCUT2D eigenvalue weighted by Crippen LogP contribution is 2.27. The minimum atomic E-state index is -0.597. The van der Waals surface area contributed by atoms with Crippen molar-refractivity contribution in [3.63, 3.8) is 0 Å². The van der Waals surface area contributed by atoms with Gasteiger partial charge in [-0.2, -0.15) is 0 Å². The number of Topliss-reactive ketones (excluding diaryl/α,β-unsaturated/α-hetero) is 1. The van der Waals surface area contributed by atoms with Gasteiger partial charge in [0.25, 0.3) is 0 Å². The summed E-state index contributed by atoms with van der Waals surface area (Å²) in [4.78, 5) is 28.4. The Morgan fingerprint density at radius 2 is 2.11 bits per heavy atom. The van der Waals surface area contributed by atoms with Gasteiger partial charge in [0.15, 0.2) is 5.78 Å². The maximum atomic E-state index is 12.4. The van der Waals surface area contributed by atoms with Crippen LogP contribution in [0.15, 0.2) is 0 Å². The van der Waals surface area contributed by atoms with Crippen LogP contribution in [0.5, 0.6) is 0 Å². The average Bonchev–Trinajstić information content (AvgIpc) is 2.67. The highest BCUT2D eigenvalue weighted by Gasteiger charge is 2.40. The lowest BCUT2D eigenvalue weighted by molar-refractivity contribution is -0.148. The van der Waals surface area contributed by atoms with Crippen molar-refractivity contribution in [3.05, 3.63) is 0 Å². The fourth-order valence-electron chi connectivity index (χ4n) is 3.12. The van der Waals surface area contributed by atoms with E-state index < -0.39 is 5.54 Å². The van der Waals surface area contributed by atoms with Gasteiger partial charge < -0.3 is 9.80 Å². The van der Waals surface area contributed by atoms with E-state index in [1.165, 1.54) is 0 Å². The van der Waals surface area contributed by atoms with Gasteiger partial charge in [-0.1, -0.05) is 0 Å². The Bertz CT molecular complexity index is 352. The summed E-state index contributed by atoms with van der Waals surface area (Å²) in [5.41, 5.74) is -0.597. The van der Waals surface area contributed by atoms with Crippen molar-refractivity contribution in [2.45, 2.75) is 45.1 Å². The molecular weight excluding hydrogens is 228 g/mol. The third-order valence-electron chi connectivity index (χ3n) is 4.40. The van der Waals surface area contributed by atoms with Crippen molar-refractivity contribution in [2.24, 2.45) is 5.92 Å². The van der Waals surface area contributed by atoms with Crippen LogP contribution in [0.4, 0.5) is 0 Å². The van der Waals surface area contributed by atoms with Crippen molar-refractivity contribution in [2.75, 3.05) is 26.7 Å². The smallest absolute Gasteiger partial charge is 0.223 e. The summed E-state index contributed by atoms with van der Waals surface area (Å²) in [5.74, 6) is 0.828. The fraction of sp³-hybridized carbons (Fsp3) is 0.857. The summed E-state index contributed by atoms with van der Waals surface area (Å²) < 4.78 is 0. The molecule has 0 aromatic carbocycles. The van der Waals surface area contributed by atoms with Gasteiger partial charge in [0.1, 0.15) is 0 Å². The van der Waals surface area contributed by atoms with E-state index in [4.69, 9.17) is 0 Å². The number of carbonyl (C=O) groups is 2. The van der Waals surface area contributed by atoms with Gasteiger partial charge in [0.2, 0.25) is 5.91 Å². The summed E-state index contributed by atoms with van der Waals surface area (Å²) in [6.45, 7) is 6.59. The molecule has 1 unspecified atom stereocenters. The normalized spacial score (nSPS) is 28.7. The van der Waals surface area contributed by atoms with E-state index in [0.29, 0.717) is 18.8 Å². The molecule has 2 aliphatic rings. The zero-order valence-electron chi connectivity index (χ0n) is 11.7. The lowest BCUT2D eigenvalue weighted by Crippen LogP contribution is -2.56. The zero-order valence-corrected chi connectivity index (χ0v) is 11.7. The van der Waals surface area contributed by atoms with Crippen molar-refractivity contribution < 1.29 is 9.59 Å². The maximum Gasteiger partial charge on any atom is 0.223 e. The Balaban J connectivity index is 1.97. The summed E-state index contributed by atoms with van der Waals surface area (Å²) in [6.07, 6.45) is 3.13. The predicted octanol–water partition coefficient (Wildman–Crippen LogP) is 1.30. The van der Waals surface area contributed by atoms with E-state index in [-0.39, 0.29) is 11.7 Å². The highest BCUT2D eigenvalue weighted by atomic mass is 16.2. The van der Waals surface area contributed by atoms with Crippen LogP contribution in [-0.2, 0) is 9.59 Å². The van der Waals surface area contributed by atoms with E-state index in [0.717, 1.165) is 32.5 Å². The topological polar surface area (TPSA) is 40.6 Å². The van der Waals surface area contributed by atoms with Crippen molar-refractivity contribution in [3.8, 4) is 0 Å². The molecule has 4 heteroatoms. The molecule has 0 aromatic rings. The first kappa shape index (κ1) is 13.5. The fourth-order valence-corrected chi connectivity index (χ4v) is 3.12. The summed E-state index contributed by atoms with van der Waals surface area (Å²) in [5, 5.41) is 0. The van der Waals surface area contributed by atoms with Gasteiger partial charge in [-0.15, -0.1) is 0 Å². The number of carbonyl (C=O) groups excluding carboxylic acids is 2. The predicted molar refractivity (Wildman–Crippen MR) is 70.3 cm³/mol. The molecule has 2 aliphatic heterocycles. The van der Waals surface area contributed by atoms with E-state index in [2.05, 4.69) is 11.9 Å². The molecule has 0 spiro atoms. The molecule has 2 fully saturated rings. The molecule has 1 amide bonds. The van der Waals surface area contributed by atoms with Crippen LogP contribution in [0.1, 0.15) is 39.5 Å². The van der Waals surface area contributed by atoms with E-state index in [9.17, 15) is 9.59 Å². The van der Waals surface area contributed by atoms with Crippen molar-refractivity contribution in [1.82, 2.24) is 9.80 Å². The molecule has 0 aromatic heterocycles. The molecule has 102 valence electrons. The zero-order chi connectivity index (χ0) is 13.3. The number of rotatable bonds is 2. The molecule has 18 heavy (non-hydrogen) atoms. The second-order valence-electron chi connectivity index (χ2n) is 6.25. The Labute approximate surface area is 109 Å². The monoisotopic (exact) mass is 252 g/mol. The van der Waals surface area contributed by atoms with Crippen molar-refractivity contribution in [1.29, 1.82) is 0 Å². The minimum absolute atomic E-state index is 0.161. The average molecular weight is 252 g/mol. The molecule has 0 bridgehead atoms. The largest absolute Gasteiger partial charge is 0.331 e. The third kappa shape index (κ3) is 2.58. The van der Waals surface area contributed by atoms with Crippen molar-refractivity contribution >= 4 is 11.7 Å². The summed E-state index contributed by atoms with van der Waals surface area (Å²) in [6, 6.07) is 0. The number of ketones is 1. The van der Waals surface area contributed by atoms with Gasteiger partial charge in [-0.3, -0.25) is 9.59 Å². The molecule has 1 atom stereocenters. The summed E-state index contributed by atoms with van der Waals surface area (Å²) in [7, 11) is 2.10. The second-order valence-corrected chi connectivity index (χ2v) is 6.25. The van der Waals surface area contributed by atoms with Gasteiger partial charge in [-0.25, -0.2) is 0 Å². The Kier molecular flexibility index (Phi) is 3.76. The SMILES string of the molecule is CN1CCC(CC(=O)N2CCCC(=O)C2(C)C)C1. The number of amides is 1. The first-order chi connectivity index (χ1) is 8.41. The molecule has 2 saturated heterocycles. The number of piperidine rings is 1. The van der Waals surface area contributed by atoms with E-state index in [1.54, 1.807) is 4.90 Å². The van der Waals surface area contributed by atoms with Gasteiger partial charge in [0.05, 0.1) is 5.54 Å². The van der Waals surface area contributed by atoms with Crippen LogP contribution >= 0.6 is 0 Å². The quantitative estimate of drug-likeness (QED) is 0.744. The Hall–Kier alpha value is -0.900. The Morgan fingerprint density at radius 3 is 2.72 bits per heavy atom. The van der Waals surface area contributed by atoms with Crippen LogP contribution < -0.4 is 0 Å².